The van der Waals surface area contributed by atoms with Gasteiger partial charge in [0.05, 0.1) is 10.5 Å². The van der Waals surface area contributed by atoms with Gasteiger partial charge in [-0.25, -0.2) is 4.21 Å². The van der Waals surface area contributed by atoms with E-state index in [0.29, 0.717) is 0 Å². The van der Waals surface area contributed by atoms with E-state index >= 15 is 0 Å². The summed E-state index contributed by atoms with van der Waals surface area (Å²) in [7, 11) is 0. The molecule has 0 bridgehead atoms. The molecule has 1 atom stereocenters. The molecule has 1 rings (SSSR count). The van der Waals surface area contributed by atoms with Crippen LogP contribution in [0.2, 0.25) is 0 Å². The zero-order chi connectivity index (χ0) is 8.27. The fraction of sp³-hybridized carbons (Fsp3) is 0. The van der Waals surface area contributed by atoms with Crippen molar-refractivity contribution in [2.24, 2.45) is 0 Å². The first kappa shape index (κ1) is 11.8. The average molecular weight is 190 g/mol. The van der Waals surface area contributed by atoms with E-state index in [1.165, 1.54) is 12.1 Å². The normalized spacial score (nSPS) is 11.0. The number of nitriles is 1. The molecule has 0 saturated heterocycles. The summed E-state index contributed by atoms with van der Waals surface area (Å²) in [6.07, 6.45) is 0. The van der Waals surface area contributed by atoms with Crippen molar-refractivity contribution in [2.75, 3.05) is 0 Å². The average Bonchev–Trinajstić information content (AvgIpc) is 2.04. The first-order chi connectivity index (χ1) is 5.25. The molecule has 0 spiro atoms. The Hall–Kier alpha value is -0.180. The summed E-state index contributed by atoms with van der Waals surface area (Å²) >= 11 is -2.06. The van der Waals surface area contributed by atoms with E-state index in [9.17, 15) is 4.21 Å². The molecular weight excluding hydrogens is 185 g/mol. The van der Waals surface area contributed by atoms with Gasteiger partial charge in [-0.15, -0.1) is 0 Å². The molecule has 0 heterocycles. The van der Waals surface area contributed by atoms with Gasteiger partial charge in [-0.05, 0) is 12.1 Å². The van der Waals surface area contributed by atoms with Crippen molar-refractivity contribution in [3.63, 3.8) is 0 Å². The second kappa shape index (κ2) is 5.46. The monoisotopic (exact) mass is 190 g/mol. The maximum atomic E-state index is 10.5. The van der Waals surface area contributed by atoms with Crippen LogP contribution in [0.4, 0.5) is 0 Å². The van der Waals surface area contributed by atoms with Crippen LogP contribution >= 0.6 is 0 Å². The van der Waals surface area contributed by atoms with Gasteiger partial charge in [0.2, 0.25) is 0 Å². The van der Waals surface area contributed by atoms with Crippen LogP contribution in [0.3, 0.4) is 0 Å². The maximum Gasteiger partial charge on any atom is 0.187 e. The minimum Gasteiger partial charge on any atom is -0.302 e. The molecule has 0 fully saturated rings. The van der Waals surface area contributed by atoms with Gasteiger partial charge in [0.1, 0.15) is 6.07 Å². The molecule has 12 heavy (non-hydrogen) atoms. The molecule has 0 aliphatic carbocycles. The zero-order valence-electron chi connectivity index (χ0n) is 6.52. The van der Waals surface area contributed by atoms with Crippen molar-refractivity contribution >= 4 is 40.6 Å². The molecule has 1 N–H and O–H groups in total. The third-order valence-electron chi connectivity index (χ3n) is 1.20. The van der Waals surface area contributed by atoms with Crippen molar-refractivity contribution in [2.45, 2.75) is 4.90 Å². The second-order valence-electron chi connectivity index (χ2n) is 1.86. The van der Waals surface area contributed by atoms with E-state index in [4.69, 9.17) is 9.81 Å². The first-order valence-corrected chi connectivity index (χ1v) is 3.96. The standard InChI is InChI=1S/C7H5NO2S.Na/c8-5-6-3-1-2-4-7(6)11(9)10;/h1-4H,(H,9,10);. The second-order valence-corrected chi connectivity index (χ2v) is 2.80. The van der Waals surface area contributed by atoms with Crippen LogP contribution in [0.15, 0.2) is 29.2 Å². The fourth-order valence-corrected chi connectivity index (χ4v) is 1.21. The number of rotatable bonds is 1. The third kappa shape index (κ3) is 2.70. The number of hydrogen-bond donors (Lipinski definition) is 1. The molecule has 1 unspecified atom stereocenters. The zero-order valence-corrected chi connectivity index (χ0v) is 9.34. The van der Waals surface area contributed by atoms with Crippen LogP contribution in [0.1, 0.15) is 5.56 Å². The fourth-order valence-electron chi connectivity index (χ4n) is 0.711. The molecule has 0 aliphatic rings. The number of hydrogen-bond acceptors (Lipinski definition) is 2. The van der Waals surface area contributed by atoms with Crippen molar-refractivity contribution in [1.82, 2.24) is 0 Å². The van der Waals surface area contributed by atoms with Gasteiger partial charge >= 0.3 is 0 Å². The van der Waals surface area contributed by atoms with E-state index in [1.54, 1.807) is 12.1 Å². The van der Waals surface area contributed by atoms with E-state index in [-0.39, 0.29) is 40.0 Å². The first-order valence-electron chi connectivity index (χ1n) is 2.85. The Bertz CT molecular complexity index is 334. The van der Waals surface area contributed by atoms with Gasteiger partial charge in [-0.1, -0.05) is 12.1 Å². The summed E-state index contributed by atoms with van der Waals surface area (Å²) in [5, 5.41) is 8.47. The van der Waals surface area contributed by atoms with Gasteiger partial charge < -0.3 is 4.55 Å². The van der Waals surface area contributed by atoms with E-state index in [0.717, 1.165) is 0 Å². The Kier molecular flexibility index (Phi) is 5.38. The van der Waals surface area contributed by atoms with Crippen LogP contribution in [0.25, 0.3) is 0 Å². The predicted octanol–water partition coefficient (Wildman–Crippen LogP) is 0.758. The number of benzene rings is 1. The van der Waals surface area contributed by atoms with Gasteiger partial charge in [0.15, 0.2) is 11.1 Å². The van der Waals surface area contributed by atoms with Gasteiger partial charge in [-0.2, -0.15) is 5.26 Å². The van der Waals surface area contributed by atoms with Crippen molar-refractivity contribution in [3.8, 4) is 6.07 Å². The van der Waals surface area contributed by atoms with Crippen LogP contribution in [0.5, 0.6) is 0 Å². The summed E-state index contributed by atoms with van der Waals surface area (Å²) in [4.78, 5) is 0.162. The third-order valence-corrected chi connectivity index (χ3v) is 1.93. The summed E-state index contributed by atoms with van der Waals surface area (Å²) in [6.45, 7) is 0. The maximum absolute atomic E-state index is 10.5. The molecule has 0 amide bonds. The predicted molar refractivity (Wildman–Crippen MR) is 45.9 cm³/mol. The van der Waals surface area contributed by atoms with E-state index in [1.807, 2.05) is 6.07 Å². The van der Waals surface area contributed by atoms with Crippen LogP contribution in [0, 0.1) is 11.3 Å². The smallest absolute Gasteiger partial charge is 0.187 e. The molecule has 0 saturated carbocycles. The topological polar surface area (TPSA) is 61.1 Å². The minimum atomic E-state index is -2.06. The Morgan fingerprint density at radius 2 is 2.00 bits per heavy atom. The summed E-state index contributed by atoms with van der Waals surface area (Å²) in [5.41, 5.74) is 0.244. The summed E-state index contributed by atoms with van der Waals surface area (Å²) in [6, 6.07) is 8.04. The molecule has 1 aromatic carbocycles. The molecule has 3 nitrogen and oxygen atoms in total. The molecule has 1 radical (unpaired) electrons. The minimum absolute atomic E-state index is 0. The van der Waals surface area contributed by atoms with Crippen molar-refractivity contribution in [1.29, 1.82) is 5.26 Å². The van der Waals surface area contributed by atoms with Gasteiger partial charge in [0, 0.05) is 29.6 Å². The van der Waals surface area contributed by atoms with Gasteiger partial charge in [0.25, 0.3) is 0 Å². The Morgan fingerprint density at radius 3 is 2.42 bits per heavy atom. The molecule has 5 heteroatoms. The molecule has 0 aliphatic heterocycles. The van der Waals surface area contributed by atoms with Gasteiger partial charge in [-0.3, -0.25) is 0 Å². The summed E-state index contributed by atoms with van der Waals surface area (Å²) in [5.74, 6) is 0. The Balaban J connectivity index is 0.00000121. The van der Waals surface area contributed by atoms with Crippen LogP contribution in [-0.2, 0) is 11.1 Å². The van der Waals surface area contributed by atoms with Crippen LogP contribution < -0.4 is 0 Å². The largest absolute Gasteiger partial charge is 0.302 e. The van der Waals surface area contributed by atoms with Crippen molar-refractivity contribution in [3.05, 3.63) is 29.8 Å². The SMILES string of the molecule is N#Cc1ccccc1S(=O)O.[Na]. The quantitative estimate of drug-likeness (QED) is 0.525. The Labute approximate surface area is 95.0 Å². The molecule has 0 aromatic heterocycles. The van der Waals surface area contributed by atoms with E-state index in [2.05, 4.69) is 0 Å². The Morgan fingerprint density at radius 1 is 1.42 bits per heavy atom. The molecule has 1 aromatic rings. The van der Waals surface area contributed by atoms with Crippen molar-refractivity contribution < 1.29 is 8.76 Å². The number of nitrogens with zero attached hydrogens (tertiary/aromatic N) is 1. The molecule has 57 valence electrons. The summed E-state index contributed by atoms with van der Waals surface area (Å²) < 4.78 is 19.2. The van der Waals surface area contributed by atoms with Crippen LogP contribution in [-0.4, -0.2) is 38.3 Å². The van der Waals surface area contributed by atoms with E-state index < -0.39 is 11.1 Å². The molecular formula is C7H5NNaO2S.